The number of piperazine rings is 1. The first-order valence-electron chi connectivity index (χ1n) is 8.44. The van der Waals surface area contributed by atoms with Crippen LogP contribution in [0.4, 0.5) is 0 Å². The molecule has 2 fully saturated rings. The third-order valence-electron chi connectivity index (χ3n) is 5.38. The monoisotopic (exact) mass is 350 g/mol. The first-order chi connectivity index (χ1) is 10.2. The van der Waals surface area contributed by atoms with Crippen LogP contribution in [-0.4, -0.2) is 41.5 Å². The van der Waals surface area contributed by atoms with E-state index in [9.17, 15) is 0 Å². The number of hydrogen-bond donors (Lipinski definition) is 0. The fourth-order valence-corrected chi connectivity index (χ4v) is 4.49. The topological polar surface area (TPSA) is 6.48 Å². The van der Waals surface area contributed by atoms with E-state index in [2.05, 4.69) is 63.8 Å². The summed E-state index contributed by atoms with van der Waals surface area (Å²) in [4.78, 5) is 5.51. The normalized spacial score (nSPS) is 29.1. The predicted octanol–water partition coefficient (Wildman–Crippen LogP) is 4.46. The van der Waals surface area contributed by atoms with Gasteiger partial charge >= 0.3 is 0 Å². The van der Waals surface area contributed by atoms with E-state index in [0.29, 0.717) is 12.1 Å². The minimum absolute atomic E-state index is 0.511. The van der Waals surface area contributed by atoms with Gasteiger partial charge in [0, 0.05) is 35.7 Å². The summed E-state index contributed by atoms with van der Waals surface area (Å²) in [6, 6.07) is 10.8. The van der Waals surface area contributed by atoms with Crippen molar-refractivity contribution < 1.29 is 0 Å². The van der Waals surface area contributed by atoms with E-state index >= 15 is 0 Å². The smallest absolute Gasteiger partial charge is 0.0324 e. The van der Waals surface area contributed by atoms with Crippen molar-refractivity contribution >= 4 is 15.9 Å². The summed E-state index contributed by atoms with van der Waals surface area (Å²) < 4.78 is 1.19. The molecule has 2 aliphatic heterocycles. The molecule has 1 aromatic carbocycles. The largest absolute Gasteiger partial charge is 0.298 e. The fourth-order valence-electron chi connectivity index (χ4n) is 4.07. The molecular weight excluding hydrogens is 324 g/mol. The molecule has 1 aromatic rings. The lowest BCUT2D eigenvalue weighted by Crippen LogP contribution is -2.59. The first-order valence-corrected chi connectivity index (χ1v) is 9.23. The van der Waals surface area contributed by atoms with Gasteiger partial charge in [-0.05, 0) is 50.4 Å². The molecule has 0 aliphatic carbocycles. The van der Waals surface area contributed by atoms with Crippen LogP contribution in [0.5, 0.6) is 0 Å². The maximum Gasteiger partial charge on any atom is 0.0324 e. The number of halogens is 1. The summed E-state index contributed by atoms with van der Waals surface area (Å²) >= 11 is 3.62. The zero-order valence-electron chi connectivity index (χ0n) is 13.3. The van der Waals surface area contributed by atoms with Crippen molar-refractivity contribution in [2.45, 2.75) is 57.7 Å². The molecule has 0 amide bonds. The lowest BCUT2D eigenvalue weighted by Gasteiger charge is -2.50. The van der Waals surface area contributed by atoms with Crippen LogP contribution in [0.25, 0.3) is 0 Å². The fraction of sp³-hybridized carbons (Fsp3) is 0.667. The Morgan fingerprint density at radius 3 is 2.90 bits per heavy atom. The molecule has 0 N–H and O–H groups in total. The highest BCUT2D eigenvalue weighted by atomic mass is 79.9. The average Bonchev–Trinajstić information content (AvgIpc) is 2.53. The molecule has 0 radical (unpaired) electrons. The Bertz CT molecular complexity index is 476. The summed E-state index contributed by atoms with van der Waals surface area (Å²) in [5, 5.41) is 0. The summed E-state index contributed by atoms with van der Waals surface area (Å²) in [5.41, 5.74) is 1.44. The van der Waals surface area contributed by atoms with Crippen LogP contribution < -0.4 is 0 Å². The molecule has 2 heterocycles. The van der Waals surface area contributed by atoms with Gasteiger partial charge in [-0.15, -0.1) is 0 Å². The third-order valence-corrected chi connectivity index (χ3v) is 5.88. The van der Waals surface area contributed by atoms with Gasteiger partial charge in [-0.2, -0.15) is 0 Å². The van der Waals surface area contributed by atoms with Crippen molar-refractivity contribution in [2.24, 2.45) is 0 Å². The molecule has 21 heavy (non-hydrogen) atoms. The number of nitrogens with zero attached hydrogens (tertiary/aromatic N) is 2. The molecule has 0 spiro atoms. The third kappa shape index (κ3) is 3.35. The van der Waals surface area contributed by atoms with Gasteiger partial charge in [0.05, 0.1) is 0 Å². The Balaban J connectivity index is 1.78. The Labute approximate surface area is 137 Å². The standard InChI is InChI=1S/C18H27BrN2/c1-3-17-12-20-10-5-4-9-18(20)13-21(17)14(2)15-7-6-8-16(19)11-15/h6-8,11,14,17-18H,3-5,9-10,12-13H2,1-2H3. The van der Waals surface area contributed by atoms with Crippen LogP contribution in [0.15, 0.2) is 28.7 Å². The van der Waals surface area contributed by atoms with E-state index in [-0.39, 0.29) is 0 Å². The highest BCUT2D eigenvalue weighted by Crippen LogP contribution is 2.32. The van der Waals surface area contributed by atoms with Gasteiger partial charge in [0.25, 0.3) is 0 Å². The van der Waals surface area contributed by atoms with E-state index < -0.39 is 0 Å². The maximum atomic E-state index is 3.62. The molecule has 0 saturated carbocycles. The number of benzene rings is 1. The molecule has 0 bridgehead atoms. The quantitative estimate of drug-likeness (QED) is 0.793. The summed E-state index contributed by atoms with van der Waals surface area (Å²) in [7, 11) is 0. The zero-order valence-corrected chi connectivity index (χ0v) is 14.8. The molecule has 0 aromatic heterocycles. The van der Waals surface area contributed by atoms with E-state index in [1.807, 2.05) is 0 Å². The Kier molecular flexibility index (Phi) is 5.03. The van der Waals surface area contributed by atoms with Crippen molar-refractivity contribution in [3.05, 3.63) is 34.3 Å². The zero-order chi connectivity index (χ0) is 14.8. The van der Waals surface area contributed by atoms with Crippen molar-refractivity contribution in [2.75, 3.05) is 19.6 Å². The Morgan fingerprint density at radius 2 is 2.14 bits per heavy atom. The van der Waals surface area contributed by atoms with Crippen LogP contribution in [-0.2, 0) is 0 Å². The molecule has 2 aliphatic rings. The molecule has 2 saturated heterocycles. The van der Waals surface area contributed by atoms with Crippen LogP contribution in [0.3, 0.4) is 0 Å². The molecular formula is C18H27BrN2. The number of fused-ring (bicyclic) bond motifs is 1. The second-order valence-corrected chi connectivity index (χ2v) is 7.55. The lowest BCUT2D eigenvalue weighted by atomic mass is 9.93. The van der Waals surface area contributed by atoms with Gasteiger partial charge in [-0.1, -0.05) is 41.4 Å². The van der Waals surface area contributed by atoms with Gasteiger partial charge in [0.2, 0.25) is 0 Å². The number of piperidine rings is 1. The SMILES string of the molecule is CCC1CN2CCCCC2CN1C(C)c1cccc(Br)c1. The minimum atomic E-state index is 0.511. The number of hydrogen-bond acceptors (Lipinski definition) is 2. The Hall–Kier alpha value is -0.380. The van der Waals surface area contributed by atoms with Crippen LogP contribution in [0.2, 0.25) is 0 Å². The molecule has 3 atom stereocenters. The van der Waals surface area contributed by atoms with Crippen LogP contribution in [0.1, 0.15) is 51.1 Å². The summed E-state index contributed by atoms with van der Waals surface area (Å²) in [5.74, 6) is 0. The van der Waals surface area contributed by atoms with Crippen molar-refractivity contribution in [3.63, 3.8) is 0 Å². The van der Waals surface area contributed by atoms with Gasteiger partial charge in [-0.25, -0.2) is 0 Å². The second-order valence-electron chi connectivity index (χ2n) is 6.63. The van der Waals surface area contributed by atoms with E-state index in [1.165, 1.54) is 55.4 Å². The van der Waals surface area contributed by atoms with Crippen molar-refractivity contribution in [1.29, 1.82) is 0 Å². The minimum Gasteiger partial charge on any atom is -0.298 e. The maximum absolute atomic E-state index is 3.62. The molecule has 116 valence electrons. The highest BCUT2D eigenvalue weighted by molar-refractivity contribution is 9.10. The number of rotatable bonds is 3. The molecule has 2 nitrogen and oxygen atoms in total. The lowest BCUT2D eigenvalue weighted by molar-refractivity contribution is -0.0124. The molecule has 3 unspecified atom stereocenters. The molecule has 3 rings (SSSR count). The van der Waals surface area contributed by atoms with Gasteiger partial charge in [0.1, 0.15) is 0 Å². The van der Waals surface area contributed by atoms with E-state index in [0.717, 1.165) is 6.04 Å². The Morgan fingerprint density at radius 1 is 1.29 bits per heavy atom. The van der Waals surface area contributed by atoms with Crippen LogP contribution in [0, 0.1) is 0 Å². The average molecular weight is 351 g/mol. The summed E-state index contributed by atoms with van der Waals surface area (Å²) in [6.07, 6.45) is 5.45. The summed E-state index contributed by atoms with van der Waals surface area (Å²) in [6.45, 7) is 8.55. The highest BCUT2D eigenvalue weighted by Gasteiger charge is 2.36. The van der Waals surface area contributed by atoms with E-state index in [1.54, 1.807) is 0 Å². The van der Waals surface area contributed by atoms with Gasteiger partial charge in [0.15, 0.2) is 0 Å². The second kappa shape index (κ2) is 6.80. The van der Waals surface area contributed by atoms with Gasteiger partial charge in [-0.3, -0.25) is 9.80 Å². The molecule has 3 heteroatoms. The predicted molar refractivity (Wildman–Crippen MR) is 92.6 cm³/mol. The van der Waals surface area contributed by atoms with Crippen molar-refractivity contribution in [3.8, 4) is 0 Å². The van der Waals surface area contributed by atoms with E-state index in [4.69, 9.17) is 0 Å². The van der Waals surface area contributed by atoms with Crippen LogP contribution >= 0.6 is 15.9 Å². The van der Waals surface area contributed by atoms with Gasteiger partial charge < -0.3 is 0 Å². The van der Waals surface area contributed by atoms with Crippen molar-refractivity contribution in [1.82, 2.24) is 9.80 Å². The first kappa shape index (κ1) is 15.5.